The van der Waals surface area contributed by atoms with Crippen molar-refractivity contribution in [2.75, 3.05) is 26.7 Å². The van der Waals surface area contributed by atoms with E-state index in [2.05, 4.69) is 22.5 Å². The van der Waals surface area contributed by atoms with Gasteiger partial charge in [-0.05, 0) is 65.1 Å². The summed E-state index contributed by atoms with van der Waals surface area (Å²) < 4.78 is 0. The minimum atomic E-state index is 0.137. The van der Waals surface area contributed by atoms with Crippen LogP contribution in [0.3, 0.4) is 0 Å². The van der Waals surface area contributed by atoms with Crippen molar-refractivity contribution in [3.05, 3.63) is 0 Å². The molecule has 0 aliphatic carbocycles. The van der Waals surface area contributed by atoms with E-state index in [1.807, 2.05) is 7.05 Å². The zero-order chi connectivity index (χ0) is 13.0. The first-order chi connectivity index (χ1) is 8.72. The van der Waals surface area contributed by atoms with Crippen LogP contribution in [0.4, 0.5) is 0 Å². The van der Waals surface area contributed by atoms with Gasteiger partial charge < -0.3 is 10.6 Å². The third-order valence-electron chi connectivity index (χ3n) is 4.68. The summed E-state index contributed by atoms with van der Waals surface area (Å²) in [6.45, 7) is 5.28. The lowest BCUT2D eigenvalue weighted by atomic mass is 9.89. The van der Waals surface area contributed by atoms with E-state index < -0.39 is 0 Å². The number of carbonyl (C=O) groups excluding carboxylic acids is 1. The maximum absolute atomic E-state index is 12.0. The predicted molar refractivity (Wildman–Crippen MR) is 73.5 cm³/mol. The van der Waals surface area contributed by atoms with Gasteiger partial charge in [0.1, 0.15) is 0 Å². The molecule has 0 radical (unpaired) electrons. The van der Waals surface area contributed by atoms with Crippen molar-refractivity contribution in [1.82, 2.24) is 15.5 Å². The number of likely N-dealkylation sites (tertiary alicyclic amines) is 1. The Hall–Kier alpha value is -0.610. The van der Waals surface area contributed by atoms with Crippen molar-refractivity contribution >= 4 is 5.91 Å². The van der Waals surface area contributed by atoms with Gasteiger partial charge in [-0.3, -0.25) is 9.69 Å². The van der Waals surface area contributed by atoms with Crippen LogP contribution in [0, 0.1) is 5.92 Å². The summed E-state index contributed by atoms with van der Waals surface area (Å²) in [5, 5.41) is 6.39. The van der Waals surface area contributed by atoms with Gasteiger partial charge >= 0.3 is 0 Å². The number of carbonyl (C=O) groups is 1. The molecule has 18 heavy (non-hydrogen) atoms. The van der Waals surface area contributed by atoms with E-state index in [1.54, 1.807) is 0 Å². The fourth-order valence-electron chi connectivity index (χ4n) is 3.24. The molecule has 2 heterocycles. The third-order valence-corrected chi connectivity index (χ3v) is 4.68. The predicted octanol–water partition coefficient (Wildman–Crippen LogP) is 0.975. The molecule has 1 amide bonds. The summed E-state index contributed by atoms with van der Waals surface area (Å²) in [6, 6.07) is 0.730. The Balaban J connectivity index is 1.86. The number of nitrogens with zero attached hydrogens (tertiary/aromatic N) is 1. The van der Waals surface area contributed by atoms with E-state index in [1.165, 1.54) is 19.3 Å². The molecule has 2 saturated heterocycles. The summed E-state index contributed by atoms with van der Waals surface area (Å²) >= 11 is 0. The van der Waals surface area contributed by atoms with Gasteiger partial charge in [0.05, 0.1) is 6.04 Å². The van der Waals surface area contributed by atoms with E-state index in [9.17, 15) is 4.79 Å². The number of amides is 1. The van der Waals surface area contributed by atoms with Crippen LogP contribution in [-0.2, 0) is 4.79 Å². The summed E-state index contributed by atoms with van der Waals surface area (Å²) in [5.74, 6) is 1.02. The molecule has 2 aliphatic heterocycles. The number of hydrogen-bond donors (Lipinski definition) is 2. The fourth-order valence-corrected chi connectivity index (χ4v) is 3.24. The summed E-state index contributed by atoms with van der Waals surface area (Å²) in [6.07, 6.45) is 5.78. The highest BCUT2D eigenvalue weighted by Crippen LogP contribution is 2.24. The standard InChI is InChI=1S/C14H27N3O/c1-11(15-2)12-6-9-17(10-7-12)13-5-3-4-8-16-14(13)18/h11-13,15H,3-10H2,1-2H3,(H,16,18). The van der Waals surface area contributed by atoms with Gasteiger partial charge in [0.15, 0.2) is 0 Å². The smallest absolute Gasteiger partial charge is 0.237 e. The van der Waals surface area contributed by atoms with E-state index in [-0.39, 0.29) is 11.9 Å². The highest BCUT2D eigenvalue weighted by Gasteiger charge is 2.31. The van der Waals surface area contributed by atoms with Crippen LogP contribution in [0.25, 0.3) is 0 Å². The van der Waals surface area contributed by atoms with E-state index in [0.29, 0.717) is 6.04 Å². The summed E-state index contributed by atoms with van der Waals surface area (Å²) in [4.78, 5) is 14.4. The lowest BCUT2D eigenvalue weighted by molar-refractivity contribution is -0.126. The largest absolute Gasteiger partial charge is 0.355 e. The first kappa shape index (κ1) is 13.8. The van der Waals surface area contributed by atoms with Gasteiger partial charge in [-0.1, -0.05) is 0 Å². The Labute approximate surface area is 110 Å². The molecule has 0 aromatic rings. The lowest BCUT2D eigenvalue weighted by Crippen LogP contribution is -2.50. The van der Waals surface area contributed by atoms with Gasteiger partial charge in [-0.2, -0.15) is 0 Å². The molecule has 2 aliphatic rings. The van der Waals surface area contributed by atoms with E-state index in [4.69, 9.17) is 0 Å². The molecular formula is C14H27N3O. The average Bonchev–Trinajstić information content (AvgIpc) is 2.63. The zero-order valence-electron chi connectivity index (χ0n) is 11.7. The number of rotatable bonds is 3. The molecule has 104 valence electrons. The third kappa shape index (κ3) is 3.23. The molecule has 2 N–H and O–H groups in total. The Morgan fingerprint density at radius 3 is 2.67 bits per heavy atom. The first-order valence-corrected chi connectivity index (χ1v) is 7.41. The maximum Gasteiger partial charge on any atom is 0.237 e. The van der Waals surface area contributed by atoms with Crippen LogP contribution in [0.15, 0.2) is 0 Å². The van der Waals surface area contributed by atoms with Gasteiger partial charge in [0.2, 0.25) is 5.91 Å². The Bertz CT molecular complexity index is 274. The van der Waals surface area contributed by atoms with Crippen molar-refractivity contribution < 1.29 is 4.79 Å². The highest BCUT2D eigenvalue weighted by molar-refractivity contribution is 5.81. The molecule has 4 heteroatoms. The molecule has 0 bridgehead atoms. The minimum absolute atomic E-state index is 0.137. The monoisotopic (exact) mass is 253 g/mol. The molecule has 4 nitrogen and oxygen atoms in total. The second kappa shape index (κ2) is 6.53. The molecule has 2 unspecified atom stereocenters. The summed E-state index contributed by atoms with van der Waals surface area (Å²) in [7, 11) is 2.04. The summed E-state index contributed by atoms with van der Waals surface area (Å²) in [5.41, 5.74) is 0. The molecule has 0 aromatic heterocycles. The van der Waals surface area contributed by atoms with Crippen LogP contribution in [-0.4, -0.2) is 49.6 Å². The molecule has 0 aromatic carbocycles. The van der Waals surface area contributed by atoms with Crippen LogP contribution < -0.4 is 10.6 Å². The normalized spacial score (nSPS) is 29.7. The average molecular weight is 253 g/mol. The van der Waals surface area contributed by atoms with Gasteiger partial charge in [0, 0.05) is 12.6 Å². The fraction of sp³-hybridized carbons (Fsp3) is 0.929. The van der Waals surface area contributed by atoms with Crippen molar-refractivity contribution in [1.29, 1.82) is 0 Å². The second-order valence-electron chi connectivity index (χ2n) is 5.75. The van der Waals surface area contributed by atoms with Crippen molar-refractivity contribution in [3.63, 3.8) is 0 Å². The van der Waals surface area contributed by atoms with Crippen molar-refractivity contribution in [2.24, 2.45) is 5.92 Å². The van der Waals surface area contributed by atoms with Crippen LogP contribution >= 0.6 is 0 Å². The quantitative estimate of drug-likeness (QED) is 0.788. The molecular weight excluding hydrogens is 226 g/mol. The maximum atomic E-state index is 12.0. The minimum Gasteiger partial charge on any atom is -0.355 e. The Morgan fingerprint density at radius 1 is 1.28 bits per heavy atom. The SMILES string of the molecule is CNC(C)C1CCN(C2CCCCNC2=O)CC1. The Kier molecular flexibility index (Phi) is 5.01. The molecule has 0 saturated carbocycles. The molecule has 2 fully saturated rings. The van der Waals surface area contributed by atoms with Gasteiger partial charge in [0.25, 0.3) is 0 Å². The van der Waals surface area contributed by atoms with Crippen molar-refractivity contribution in [3.8, 4) is 0 Å². The van der Waals surface area contributed by atoms with Gasteiger partial charge in [-0.25, -0.2) is 0 Å². The highest BCUT2D eigenvalue weighted by atomic mass is 16.2. The number of nitrogens with one attached hydrogen (secondary N) is 2. The molecule has 0 spiro atoms. The Morgan fingerprint density at radius 2 is 2.00 bits per heavy atom. The molecule has 2 rings (SSSR count). The zero-order valence-corrected chi connectivity index (χ0v) is 11.7. The van der Waals surface area contributed by atoms with Crippen LogP contribution in [0.5, 0.6) is 0 Å². The van der Waals surface area contributed by atoms with Gasteiger partial charge in [-0.15, -0.1) is 0 Å². The van der Waals surface area contributed by atoms with E-state index in [0.717, 1.165) is 38.4 Å². The first-order valence-electron chi connectivity index (χ1n) is 7.41. The van der Waals surface area contributed by atoms with Crippen LogP contribution in [0.1, 0.15) is 39.0 Å². The van der Waals surface area contributed by atoms with Crippen LogP contribution in [0.2, 0.25) is 0 Å². The topological polar surface area (TPSA) is 44.4 Å². The van der Waals surface area contributed by atoms with Crippen molar-refractivity contribution in [2.45, 2.75) is 51.1 Å². The lowest BCUT2D eigenvalue weighted by Gasteiger charge is -2.38. The van der Waals surface area contributed by atoms with E-state index >= 15 is 0 Å². The number of piperidine rings is 1. The molecule has 2 atom stereocenters. The number of hydrogen-bond acceptors (Lipinski definition) is 3. The second-order valence-corrected chi connectivity index (χ2v) is 5.75.